The quantitative estimate of drug-likeness (QED) is 0.845. The molecule has 0 spiro atoms. The zero-order valence-corrected chi connectivity index (χ0v) is 14.8. The van der Waals surface area contributed by atoms with Gasteiger partial charge in [0, 0.05) is 25.4 Å². The van der Waals surface area contributed by atoms with Crippen LogP contribution >= 0.6 is 11.6 Å². The molecule has 1 aliphatic heterocycles. The van der Waals surface area contributed by atoms with E-state index in [0.717, 1.165) is 6.42 Å². The number of halogens is 1. The van der Waals surface area contributed by atoms with E-state index in [2.05, 4.69) is 5.32 Å². The van der Waals surface area contributed by atoms with Gasteiger partial charge in [-0.25, -0.2) is 8.42 Å². The smallest absolute Gasteiger partial charge is 0.253 e. The Morgan fingerprint density at radius 3 is 2.65 bits per heavy atom. The maximum atomic E-state index is 12.6. The molecule has 0 aliphatic carbocycles. The van der Waals surface area contributed by atoms with Crippen molar-refractivity contribution in [3.63, 3.8) is 0 Å². The molecule has 0 saturated carbocycles. The van der Waals surface area contributed by atoms with Crippen molar-refractivity contribution in [3.05, 3.63) is 23.2 Å². The fraction of sp³-hybridized carbons (Fsp3) is 0.533. The first-order chi connectivity index (χ1) is 10.9. The number of nitrogens with zero attached hydrogens (tertiary/aromatic N) is 1. The molecule has 8 heteroatoms. The molecule has 1 heterocycles. The number of benzene rings is 1. The molecule has 1 fully saturated rings. The van der Waals surface area contributed by atoms with E-state index in [9.17, 15) is 13.2 Å². The molecule has 23 heavy (non-hydrogen) atoms. The number of sulfonamides is 1. The minimum absolute atomic E-state index is 0.00648. The van der Waals surface area contributed by atoms with Gasteiger partial charge in [0.15, 0.2) is 0 Å². The molecule has 1 aromatic rings. The van der Waals surface area contributed by atoms with E-state index in [1.807, 2.05) is 0 Å². The van der Waals surface area contributed by atoms with Crippen molar-refractivity contribution in [2.24, 2.45) is 0 Å². The summed E-state index contributed by atoms with van der Waals surface area (Å²) < 4.78 is 31.9. The number of nitrogens with one attached hydrogen (secondary N) is 1. The highest BCUT2D eigenvalue weighted by Crippen LogP contribution is 2.28. The summed E-state index contributed by atoms with van der Waals surface area (Å²) in [7, 11) is -3.69. The summed E-state index contributed by atoms with van der Waals surface area (Å²) in [5.74, 6) is -0.268. The average molecular weight is 361 g/mol. The monoisotopic (exact) mass is 360 g/mol. The maximum absolute atomic E-state index is 12.6. The Balaban J connectivity index is 2.26. The van der Waals surface area contributed by atoms with Crippen molar-refractivity contribution >= 4 is 33.2 Å². The number of hydrogen-bond acceptors (Lipinski definition) is 4. The topological polar surface area (TPSA) is 75.7 Å². The predicted octanol–water partition coefficient (Wildman–Crippen LogP) is 2.49. The van der Waals surface area contributed by atoms with E-state index in [4.69, 9.17) is 16.3 Å². The van der Waals surface area contributed by atoms with Gasteiger partial charge in [-0.15, -0.1) is 0 Å². The summed E-state index contributed by atoms with van der Waals surface area (Å²) in [5, 5.41) is 2.82. The number of amides is 1. The number of rotatable bonds is 6. The average Bonchev–Trinajstić information content (AvgIpc) is 3.04. The first-order valence-corrected chi connectivity index (χ1v) is 9.44. The van der Waals surface area contributed by atoms with Crippen LogP contribution in [0.1, 0.15) is 26.7 Å². The Hall–Kier alpha value is -1.15. The van der Waals surface area contributed by atoms with Crippen LogP contribution in [-0.2, 0) is 19.6 Å². The lowest BCUT2D eigenvalue weighted by Gasteiger charge is -2.20. The van der Waals surface area contributed by atoms with Crippen LogP contribution in [0.15, 0.2) is 23.1 Å². The van der Waals surface area contributed by atoms with Gasteiger partial charge in [-0.3, -0.25) is 4.79 Å². The van der Waals surface area contributed by atoms with Gasteiger partial charge in [-0.05, 0) is 31.0 Å². The molecule has 1 saturated heterocycles. The molecule has 1 amide bonds. The Morgan fingerprint density at radius 1 is 1.39 bits per heavy atom. The van der Waals surface area contributed by atoms with Gasteiger partial charge in [-0.1, -0.05) is 25.4 Å². The van der Waals surface area contributed by atoms with E-state index in [-0.39, 0.29) is 15.8 Å². The van der Waals surface area contributed by atoms with Crippen LogP contribution in [0.2, 0.25) is 5.02 Å². The molecule has 2 rings (SSSR count). The fourth-order valence-electron chi connectivity index (χ4n) is 2.49. The molecule has 128 valence electrons. The predicted molar refractivity (Wildman–Crippen MR) is 89.2 cm³/mol. The molecule has 0 aromatic heterocycles. The Bertz CT molecular complexity index is 668. The molecular weight excluding hydrogens is 340 g/mol. The standard InChI is InChI=1S/C15H21ClN2O4S/c1-3-18(4-2)23(20,21)14-10-11(7-8-12(14)16)17-15(19)13-6-5-9-22-13/h7-8,10,13H,3-6,9H2,1-2H3,(H,17,19). The number of anilines is 1. The lowest BCUT2D eigenvalue weighted by atomic mass is 10.2. The summed E-state index contributed by atoms with van der Waals surface area (Å²) in [6.45, 7) is 4.79. The second-order valence-corrected chi connectivity index (χ2v) is 7.54. The lowest BCUT2D eigenvalue weighted by Crippen LogP contribution is -2.31. The zero-order valence-electron chi connectivity index (χ0n) is 13.2. The zero-order chi connectivity index (χ0) is 17.0. The molecule has 1 unspecified atom stereocenters. The summed E-state index contributed by atoms with van der Waals surface area (Å²) in [6, 6.07) is 4.45. The van der Waals surface area contributed by atoms with Gasteiger partial charge < -0.3 is 10.1 Å². The molecule has 1 aliphatic rings. The Kier molecular flexibility index (Phi) is 6.02. The van der Waals surface area contributed by atoms with Crippen LogP contribution in [-0.4, -0.2) is 44.4 Å². The highest BCUT2D eigenvalue weighted by Gasteiger charge is 2.26. The first kappa shape index (κ1) is 18.2. The summed E-state index contributed by atoms with van der Waals surface area (Å²) in [5.41, 5.74) is 0.389. The third-order valence-electron chi connectivity index (χ3n) is 3.74. The van der Waals surface area contributed by atoms with Gasteiger partial charge in [0.2, 0.25) is 10.0 Å². The first-order valence-electron chi connectivity index (χ1n) is 7.62. The number of carbonyl (C=O) groups is 1. The SMILES string of the molecule is CCN(CC)S(=O)(=O)c1cc(NC(=O)C2CCCO2)ccc1Cl. The van der Waals surface area contributed by atoms with E-state index >= 15 is 0 Å². The Labute approximate surface area is 141 Å². The molecule has 1 aromatic carbocycles. The van der Waals surface area contributed by atoms with E-state index in [1.54, 1.807) is 19.9 Å². The van der Waals surface area contributed by atoms with Crippen LogP contribution < -0.4 is 5.32 Å². The second-order valence-electron chi connectivity index (χ2n) is 5.23. The van der Waals surface area contributed by atoms with Crippen molar-refractivity contribution in [2.45, 2.75) is 37.7 Å². The van der Waals surface area contributed by atoms with Gasteiger partial charge >= 0.3 is 0 Å². The van der Waals surface area contributed by atoms with Gasteiger partial charge in [0.1, 0.15) is 11.0 Å². The van der Waals surface area contributed by atoms with Crippen LogP contribution in [0.4, 0.5) is 5.69 Å². The summed E-state index contributed by atoms with van der Waals surface area (Å²) in [6.07, 6.45) is 1.04. The molecule has 1 N–H and O–H groups in total. The van der Waals surface area contributed by atoms with E-state index < -0.39 is 16.1 Å². The normalized spacial score (nSPS) is 18.3. The fourth-order valence-corrected chi connectivity index (χ4v) is 4.45. The van der Waals surface area contributed by atoms with Crippen molar-refractivity contribution in [3.8, 4) is 0 Å². The van der Waals surface area contributed by atoms with E-state index in [1.165, 1.54) is 16.4 Å². The largest absolute Gasteiger partial charge is 0.368 e. The number of hydrogen-bond donors (Lipinski definition) is 1. The van der Waals surface area contributed by atoms with Crippen molar-refractivity contribution in [1.82, 2.24) is 4.31 Å². The van der Waals surface area contributed by atoms with Gasteiger partial charge in [-0.2, -0.15) is 4.31 Å². The van der Waals surface area contributed by atoms with Crippen molar-refractivity contribution in [1.29, 1.82) is 0 Å². The molecule has 6 nitrogen and oxygen atoms in total. The summed E-state index contributed by atoms with van der Waals surface area (Å²) >= 11 is 6.06. The van der Waals surface area contributed by atoms with Gasteiger partial charge in [0.05, 0.1) is 5.02 Å². The molecule has 0 bridgehead atoms. The van der Waals surface area contributed by atoms with Crippen LogP contribution in [0.25, 0.3) is 0 Å². The molecule has 0 radical (unpaired) electrons. The second kappa shape index (κ2) is 7.61. The minimum atomic E-state index is -3.69. The van der Waals surface area contributed by atoms with E-state index in [0.29, 0.717) is 31.8 Å². The number of ether oxygens (including phenoxy) is 1. The molecule has 1 atom stereocenters. The third-order valence-corrected chi connectivity index (χ3v) is 6.28. The maximum Gasteiger partial charge on any atom is 0.253 e. The minimum Gasteiger partial charge on any atom is -0.368 e. The lowest BCUT2D eigenvalue weighted by molar-refractivity contribution is -0.124. The third kappa shape index (κ3) is 4.03. The summed E-state index contributed by atoms with van der Waals surface area (Å²) in [4.78, 5) is 12.1. The van der Waals surface area contributed by atoms with Gasteiger partial charge in [0.25, 0.3) is 5.91 Å². The van der Waals surface area contributed by atoms with Crippen molar-refractivity contribution < 1.29 is 17.9 Å². The highest BCUT2D eigenvalue weighted by atomic mass is 35.5. The number of carbonyl (C=O) groups excluding carboxylic acids is 1. The Morgan fingerprint density at radius 2 is 2.09 bits per heavy atom. The van der Waals surface area contributed by atoms with Crippen LogP contribution in [0.3, 0.4) is 0 Å². The van der Waals surface area contributed by atoms with Crippen LogP contribution in [0, 0.1) is 0 Å². The molecular formula is C15H21ClN2O4S. The van der Waals surface area contributed by atoms with Crippen LogP contribution in [0.5, 0.6) is 0 Å². The highest BCUT2D eigenvalue weighted by molar-refractivity contribution is 7.89. The van der Waals surface area contributed by atoms with Crippen molar-refractivity contribution in [2.75, 3.05) is 25.0 Å².